The molecule has 0 amide bonds. The molecule has 0 saturated heterocycles. The second kappa shape index (κ2) is 5.65. The minimum absolute atomic E-state index is 0.772. The van der Waals surface area contributed by atoms with Gasteiger partial charge < -0.3 is 15.4 Å². The van der Waals surface area contributed by atoms with Crippen LogP contribution < -0.4 is 15.4 Å². The van der Waals surface area contributed by atoms with E-state index in [1.54, 1.807) is 7.11 Å². The van der Waals surface area contributed by atoms with Crippen LogP contribution in [0.25, 0.3) is 0 Å². The van der Waals surface area contributed by atoms with Crippen LogP contribution in [0.5, 0.6) is 5.75 Å². The van der Waals surface area contributed by atoms with Gasteiger partial charge in [0.2, 0.25) is 0 Å². The Morgan fingerprint density at radius 2 is 1.84 bits per heavy atom. The summed E-state index contributed by atoms with van der Waals surface area (Å²) in [5, 5.41) is 0. The topological polar surface area (TPSA) is 38.5 Å². The van der Waals surface area contributed by atoms with Gasteiger partial charge in [0.15, 0.2) is 0 Å². The van der Waals surface area contributed by atoms with Crippen LogP contribution >= 0.6 is 0 Å². The van der Waals surface area contributed by atoms with E-state index >= 15 is 0 Å². The van der Waals surface area contributed by atoms with Gasteiger partial charge in [-0.3, -0.25) is 0 Å². The predicted molar refractivity (Wildman–Crippen MR) is 81.3 cm³/mol. The molecular formula is C16H20N2O. The van der Waals surface area contributed by atoms with Crippen LogP contribution in [0.3, 0.4) is 0 Å². The molecule has 3 nitrogen and oxygen atoms in total. The number of nitrogens with two attached hydrogens (primary N) is 1. The molecule has 0 aliphatic rings. The van der Waals surface area contributed by atoms with E-state index in [2.05, 4.69) is 24.0 Å². The Morgan fingerprint density at radius 3 is 2.47 bits per heavy atom. The van der Waals surface area contributed by atoms with Crippen molar-refractivity contribution in [2.75, 3.05) is 24.8 Å². The third-order valence-electron chi connectivity index (χ3n) is 3.29. The Labute approximate surface area is 114 Å². The fraction of sp³-hybridized carbons (Fsp3) is 0.250. The zero-order valence-corrected chi connectivity index (χ0v) is 11.7. The predicted octanol–water partition coefficient (Wildman–Crippen LogP) is 3.61. The van der Waals surface area contributed by atoms with Crippen molar-refractivity contribution in [3.8, 4) is 5.75 Å². The lowest BCUT2D eigenvalue weighted by atomic mass is 10.1. The lowest BCUT2D eigenvalue weighted by molar-refractivity contribution is 0.410. The van der Waals surface area contributed by atoms with Gasteiger partial charge in [-0.1, -0.05) is 13.0 Å². The van der Waals surface area contributed by atoms with Crippen molar-refractivity contribution >= 4 is 17.1 Å². The molecule has 2 aromatic rings. The molecule has 0 aliphatic carbocycles. The van der Waals surface area contributed by atoms with Gasteiger partial charge in [-0.2, -0.15) is 0 Å². The molecule has 0 bridgehead atoms. The Morgan fingerprint density at radius 1 is 1.11 bits per heavy atom. The summed E-state index contributed by atoms with van der Waals surface area (Å²) in [6.07, 6.45) is 0.946. The number of anilines is 3. The number of rotatable bonds is 4. The maximum Gasteiger partial charge on any atom is 0.122 e. The molecule has 3 heteroatoms. The number of methoxy groups -OCH3 is 1. The zero-order valence-electron chi connectivity index (χ0n) is 11.7. The van der Waals surface area contributed by atoms with E-state index in [9.17, 15) is 0 Å². The maximum absolute atomic E-state index is 5.83. The van der Waals surface area contributed by atoms with Gasteiger partial charge in [0.25, 0.3) is 0 Å². The Kier molecular flexibility index (Phi) is 3.95. The highest BCUT2D eigenvalue weighted by Gasteiger charge is 2.08. The number of nitrogens with zero attached hydrogens (tertiary/aromatic N) is 1. The summed E-state index contributed by atoms with van der Waals surface area (Å²) in [5.74, 6) is 0.937. The molecule has 0 heterocycles. The fourth-order valence-corrected chi connectivity index (χ4v) is 2.13. The van der Waals surface area contributed by atoms with Gasteiger partial charge in [-0.05, 0) is 48.4 Å². The number of ether oxygens (including phenoxy) is 1. The molecule has 0 atom stereocenters. The summed E-state index contributed by atoms with van der Waals surface area (Å²) in [4.78, 5) is 2.12. The van der Waals surface area contributed by atoms with Crippen molar-refractivity contribution in [2.24, 2.45) is 0 Å². The van der Waals surface area contributed by atoms with Crippen LogP contribution in [0.4, 0.5) is 17.1 Å². The summed E-state index contributed by atoms with van der Waals surface area (Å²) >= 11 is 0. The summed E-state index contributed by atoms with van der Waals surface area (Å²) in [6.45, 7) is 2.13. The molecule has 0 spiro atoms. The van der Waals surface area contributed by atoms with E-state index in [1.165, 1.54) is 5.56 Å². The first-order chi connectivity index (χ1) is 9.15. The molecule has 0 fully saturated rings. The van der Waals surface area contributed by atoms with E-state index in [1.807, 2.05) is 37.4 Å². The van der Waals surface area contributed by atoms with E-state index < -0.39 is 0 Å². The molecule has 0 unspecified atom stereocenters. The molecule has 100 valence electrons. The molecule has 2 N–H and O–H groups in total. The maximum atomic E-state index is 5.83. The van der Waals surface area contributed by atoms with Crippen molar-refractivity contribution in [1.29, 1.82) is 0 Å². The number of nitrogen functional groups attached to an aromatic ring is 1. The van der Waals surface area contributed by atoms with Crippen LogP contribution in [0.15, 0.2) is 42.5 Å². The van der Waals surface area contributed by atoms with Gasteiger partial charge in [0, 0.05) is 24.1 Å². The lowest BCUT2D eigenvalue weighted by Gasteiger charge is -2.21. The molecule has 2 rings (SSSR count). The zero-order chi connectivity index (χ0) is 13.8. The smallest absolute Gasteiger partial charge is 0.122 e. The van der Waals surface area contributed by atoms with Crippen molar-refractivity contribution in [1.82, 2.24) is 0 Å². The Bertz CT molecular complexity index is 566. The molecule has 0 aliphatic heterocycles. The minimum Gasteiger partial charge on any atom is -0.496 e. The molecule has 0 saturated carbocycles. The highest BCUT2D eigenvalue weighted by atomic mass is 16.5. The fourth-order valence-electron chi connectivity index (χ4n) is 2.13. The van der Waals surface area contributed by atoms with Crippen LogP contribution in [-0.2, 0) is 6.42 Å². The van der Waals surface area contributed by atoms with Crippen molar-refractivity contribution in [3.05, 3.63) is 48.0 Å². The average Bonchev–Trinajstić information content (AvgIpc) is 2.45. The van der Waals surface area contributed by atoms with E-state index in [-0.39, 0.29) is 0 Å². The van der Waals surface area contributed by atoms with Crippen molar-refractivity contribution in [3.63, 3.8) is 0 Å². The molecular weight excluding hydrogens is 236 g/mol. The minimum atomic E-state index is 0.772. The Hall–Kier alpha value is -2.16. The van der Waals surface area contributed by atoms with Crippen LogP contribution in [0.2, 0.25) is 0 Å². The van der Waals surface area contributed by atoms with Gasteiger partial charge in [-0.15, -0.1) is 0 Å². The highest BCUT2D eigenvalue weighted by molar-refractivity contribution is 5.67. The SMILES string of the molecule is CCc1cc(N(C)c2cccc(N)c2)ccc1OC. The van der Waals surface area contributed by atoms with Crippen LogP contribution in [-0.4, -0.2) is 14.2 Å². The summed E-state index contributed by atoms with van der Waals surface area (Å²) < 4.78 is 5.36. The first-order valence-electron chi connectivity index (χ1n) is 6.42. The first kappa shape index (κ1) is 13.3. The van der Waals surface area contributed by atoms with Gasteiger partial charge in [-0.25, -0.2) is 0 Å². The van der Waals surface area contributed by atoms with E-state index in [0.29, 0.717) is 0 Å². The van der Waals surface area contributed by atoms with E-state index in [4.69, 9.17) is 10.5 Å². The van der Waals surface area contributed by atoms with Gasteiger partial charge in [0.05, 0.1) is 7.11 Å². The van der Waals surface area contributed by atoms with Crippen LogP contribution in [0.1, 0.15) is 12.5 Å². The lowest BCUT2D eigenvalue weighted by Crippen LogP contribution is -2.10. The number of hydrogen-bond acceptors (Lipinski definition) is 3. The van der Waals surface area contributed by atoms with E-state index in [0.717, 1.165) is 29.2 Å². The van der Waals surface area contributed by atoms with Crippen LogP contribution in [0, 0.1) is 0 Å². The summed E-state index contributed by atoms with van der Waals surface area (Å²) in [7, 11) is 3.74. The van der Waals surface area contributed by atoms with Gasteiger partial charge >= 0.3 is 0 Å². The first-order valence-corrected chi connectivity index (χ1v) is 6.42. The Balaban J connectivity index is 2.36. The third kappa shape index (κ3) is 2.81. The number of hydrogen-bond donors (Lipinski definition) is 1. The molecule has 0 aromatic heterocycles. The monoisotopic (exact) mass is 256 g/mol. The van der Waals surface area contributed by atoms with Gasteiger partial charge in [0.1, 0.15) is 5.75 Å². The summed E-state index contributed by atoms with van der Waals surface area (Å²) in [5.41, 5.74) is 10.0. The largest absolute Gasteiger partial charge is 0.496 e. The number of benzene rings is 2. The van der Waals surface area contributed by atoms with Crippen molar-refractivity contribution in [2.45, 2.75) is 13.3 Å². The normalized spacial score (nSPS) is 10.3. The molecule has 2 aromatic carbocycles. The number of aryl methyl sites for hydroxylation is 1. The van der Waals surface area contributed by atoms with Crippen molar-refractivity contribution < 1.29 is 4.74 Å². The average molecular weight is 256 g/mol. The quantitative estimate of drug-likeness (QED) is 0.849. The molecule has 0 radical (unpaired) electrons. The summed E-state index contributed by atoms with van der Waals surface area (Å²) in [6, 6.07) is 14.1. The third-order valence-corrected chi connectivity index (χ3v) is 3.29. The second-order valence-electron chi connectivity index (χ2n) is 4.50. The second-order valence-corrected chi connectivity index (χ2v) is 4.50. The standard InChI is InChI=1S/C16H20N2O/c1-4-12-10-15(8-9-16(12)19-3)18(2)14-7-5-6-13(17)11-14/h5-11H,4,17H2,1-3H3. The highest BCUT2D eigenvalue weighted by Crippen LogP contribution is 2.29. The molecule has 19 heavy (non-hydrogen) atoms.